The molecule has 0 unspecified atom stereocenters. The van der Waals surface area contributed by atoms with E-state index in [0.29, 0.717) is 26.2 Å². The number of thiazole rings is 1. The van der Waals surface area contributed by atoms with Crippen molar-refractivity contribution in [1.29, 1.82) is 0 Å². The summed E-state index contributed by atoms with van der Waals surface area (Å²) in [6.45, 7) is 3.37. The van der Waals surface area contributed by atoms with Gasteiger partial charge in [-0.3, -0.25) is 9.98 Å². The van der Waals surface area contributed by atoms with Gasteiger partial charge in [-0.15, -0.1) is 11.3 Å². The van der Waals surface area contributed by atoms with Crippen LogP contribution in [-0.2, 0) is 20.0 Å². The Morgan fingerprint density at radius 1 is 1.32 bits per heavy atom. The predicted molar refractivity (Wildman–Crippen MR) is 106 cm³/mol. The lowest BCUT2D eigenvalue weighted by atomic mass is 10.3. The van der Waals surface area contributed by atoms with Gasteiger partial charge in [-0.05, 0) is 12.1 Å². The summed E-state index contributed by atoms with van der Waals surface area (Å²) in [7, 11) is 1.80. The molecule has 1 aliphatic heterocycles. The van der Waals surface area contributed by atoms with E-state index < -0.39 is 0 Å². The quantitative estimate of drug-likeness (QED) is 0.640. The molecule has 0 atom stereocenters. The van der Waals surface area contributed by atoms with Crippen LogP contribution in [0.1, 0.15) is 5.69 Å². The van der Waals surface area contributed by atoms with E-state index in [-0.39, 0.29) is 6.03 Å². The van der Waals surface area contributed by atoms with E-state index in [1.807, 2.05) is 28.5 Å². The first-order valence-corrected chi connectivity index (χ1v) is 10.1. The third-order valence-electron chi connectivity index (χ3n) is 4.54. The second-order valence-corrected chi connectivity index (χ2v) is 7.28. The Morgan fingerprint density at radius 3 is 2.96 bits per heavy atom. The molecule has 1 saturated heterocycles. The van der Waals surface area contributed by atoms with Crippen molar-refractivity contribution < 1.29 is 4.79 Å². The lowest BCUT2D eigenvalue weighted by Crippen LogP contribution is -2.33. The van der Waals surface area contributed by atoms with Crippen molar-refractivity contribution in [3.63, 3.8) is 0 Å². The van der Waals surface area contributed by atoms with E-state index >= 15 is 0 Å². The van der Waals surface area contributed by atoms with Crippen molar-refractivity contribution >= 4 is 17.4 Å². The van der Waals surface area contributed by atoms with Crippen LogP contribution in [0, 0.1) is 0 Å². The van der Waals surface area contributed by atoms with E-state index in [0.717, 1.165) is 34.8 Å². The zero-order valence-electron chi connectivity index (χ0n) is 15.7. The van der Waals surface area contributed by atoms with Crippen LogP contribution >= 0.6 is 11.3 Å². The third kappa shape index (κ3) is 4.11. The Bertz CT molecular complexity index is 1010. The Balaban J connectivity index is 1.56. The van der Waals surface area contributed by atoms with E-state index in [2.05, 4.69) is 25.1 Å². The number of hydrogen-bond donors (Lipinski definition) is 1. The van der Waals surface area contributed by atoms with Crippen LogP contribution in [0.25, 0.3) is 11.4 Å². The van der Waals surface area contributed by atoms with E-state index in [1.165, 1.54) is 0 Å². The van der Waals surface area contributed by atoms with E-state index in [1.54, 1.807) is 35.6 Å². The summed E-state index contributed by atoms with van der Waals surface area (Å²) in [5.74, 6) is 0. The van der Waals surface area contributed by atoms with Crippen molar-refractivity contribution in [2.75, 3.05) is 26.2 Å². The summed E-state index contributed by atoms with van der Waals surface area (Å²) in [5.41, 5.74) is 2.79. The molecular weight excluding hydrogens is 376 g/mol. The van der Waals surface area contributed by atoms with Gasteiger partial charge in [-0.25, -0.2) is 4.79 Å². The van der Waals surface area contributed by atoms with Crippen LogP contribution in [0.3, 0.4) is 0 Å². The van der Waals surface area contributed by atoms with Gasteiger partial charge in [0.15, 0.2) is 4.80 Å². The summed E-state index contributed by atoms with van der Waals surface area (Å²) < 4.78 is 2.12. The normalized spacial score (nSPS) is 14.7. The number of aromatic nitrogens is 5. The van der Waals surface area contributed by atoms with Crippen LogP contribution in [0.5, 0.6) is 0 Å². The highest BCUT2D eigenvalue weighted by molar-refractivity contribution is 7.07. The summed E-state index contributed by atoms with van der Waals surface area (Å²) in [6, 6.07) is 5.90. The highest BCUT2D eigenvalue weighted by Crippen LogP contribution is 2.17. The standard InChI is InChI=1S/C18H22N8OS/c1-24-22-12-15(23-24)16-13-28-18(21-7-5-14-4-2-3-6-19-14)26(16)11-10-25-9-8-20-17(25)27/h2-4,6,12-13H,5,7-11H2,1H3,(H,20,27). The molecule has 10 heteroatoms. The largest absolute Gasteiger partial charge is 0.336 e. The first-order valence-electron chi connectivity index (χ1n) is 9.19. The van der Waals surface area contributed by atoms with Crippen molar-refractivity contribution in [2.24, 2.45) is 12.0 Å². The number of rotatable bonds is 7. The lowest BCUT2D eigenvalue weighted by molar-refractivity contribution is 0.215. The number of amides is 2. The molecule has 3 aromatic heterocycles. The van der Waals surface area contributed by atoms with Crippen molar-refractivity contribution in [2.45, 2.75) is 13.0 Å². The minimum Gasteiger partial charge on any atom is -0.336 e. The second kappa shape index (κ2) is 8.34. The molecule has 3 aromatic rings. The van der Waals surface area contributed by atoms with Gasteiger partial charge in [-0.1, -0.05) is 6.07 Å². The number of nitrogens with zero attached hydrogens (tertiary/aromatic N) is 7. The van der Waals surface area contributed by atoms with Gasteiger partial charge in [0.05, 0.1) is 11.9 Å². The van der Waals surface area contributed by atoms with Gasteiger partial charge >= 0.3 is 6.03 Å². The number of carbonyl (C=O) groups is 1. The summed E-state index contributed by atoms with van der Waals surface area (Å²) in [6.07, 6.45) is 4.33. The number of urea groups is 1. The number of nitrogens with one attached hydrogen (secondary N) is 1. The molecule has 4 heterocycles. The number of carbonyl (C=O) groups excluding carboxylic acids is 1. The summed E-state index contributed by atoms with van der Waals surface area (Å²) in [4.78, 5) is 25.3. The highest BCUT2D eigenvalue weighted by atomic mass is 32.1. The van der Waals surface area contributed by atoms with Gasteiger partial charge in [0, 0.05) is 63.5 Å². The highest BCUT2D eigenvalue weighted by Gasteiger charge is 2.20. The average Bonchev–Trinajstić information content (AvgIpc) is 3.41. The molecule has 1 aliphatic rings. The maximum atomic E-state index is 11.9. The molecule has 0 spiro atoms. The molecule has 0 saturated carbocycles. The first-order chi connectivity index (χ1) is 13.7. The number of aryl methyl sites for hydroxylation is 1. The van der Waals surface area contributed by atoms with Crippen LogP contribution in [0.15, 0.2) is 41.0 Å². The fraction of sp³-hybridized carbons (Fsp3) is 0.389. The van der Waals surface area contributed by atoms with Gasteiger partial charge < -0.3 is 14.8 Å². The fourth-order valence-electron chi connectivity index (χ4n) is 3.10. The van der Waals surface area contributed by atoms with Crippen molar-refractivity contribution in [1.82, 2.24) is 34.8 Å². The van der Waals surface area contributed by atoms with Crippen LogP contribution in [0.4, 0.5) is 4.79 Å². The minimum atomic E-state index is -0.00877. The number of pyridine rings is 1. The number of hydrogen-bond acceptors (Lipinski definition) is 6. The predicted octanol–water partition coefficient (Wildman–Crippen LogP) is 0.909. The maximum Gasteiger partial charge on any atom is 0.317 e. The zero-order chi connectivity index (χ0) is 19.3. The van der Waals surface area contributed by atoms with E-state index in [9.17, 15) is 4.79 Å². The van der Waals surface area contributed by atoms with Gasteiger partial charge in [0.2, 0.25) is 0 Å². The van der Waals surface area contributed by atoms with Crippen LogP contribution in [0.2, 0.25) is 0 Å². The van der Waals surface area contributed by atoms with Crippen molar-refractivity contribution in [3.8, 4) is 11.4 Å². The topological polar surface area (TPSA) is 93.2 Å². The molecule has 0 aliphatic carbocycles. The SMILES string of the molecule is Cn1ncc(-c2csc(=NCCc3ccccn3)n2CCN2CCNC2=O)n1. The van der Waals surface area contributed by atoms with Crippen LogP contribution < -0.4 is 10.1 Å². The van der Waals surface area contributed by atoms with Crippen molar-refractivity contribution in [3.05, 3.63) is 46.5 Å². The molecule has 146 valence electrons. The molecule has 28 heavy (non-hydrogen) atoms. The molecule has 2 amide bonds. The maximum absolute atomic E-state index is 11.9. The fourth-order valence-corrected chi connectivity index (χ4v) is 4.04. The van der Waals surface area contributed by atoms with Gasteiger partial charge in [0.25, 0.3) is 0 Å². The Labute approximate surface area is 166 Å². The first kappa shape index (κ1) is 18.4. The summed E-state index contributed by atoms with van der Waals surface area (Å²) in [5, 5.41) is 13.5. The molecule has 0 bridgehead atoms. The monoisotopic (exact) mass is 398 g/mol. The Kier molecular flexibility index (Phi) is 5.47. The van der Waals surface area contributed by atoms with E-state index in [4.69, 9.17) is 4.99 Å². The smallest absolute Gasteiger partial charge is 0.317 e. The lowest BCUT2D eigenvalue weighted by Gasteiger charge is -2.15. The average molecular weight is 398 g/mol. The van der Waals surface area contributed by atoms with Gasteiger partial charge in [-0.2, -0.15) is 15.0 Å². The molecule has 1 fully saturated rings. The minimum absolute atomic E-state index is 0.00877. The molecule has 1 N–H and O–H groups in total. The molecular formula is C18H22N8OS. The Hall–Kier alpha value is -3.01. The summed E-state index contributed by atoms with van der Waals surface area (Å²) >= 11 is 1.58. The second-order valence-electron chi connectivity index (χ2n) is 6.45. The molecule has 0 radical (unpaired) electrons. The Morgan fingerprint density at radius 2 is 2.25 bits per heavy atom. The van der Waals surface area contributed by atoms with Gasteiger partial charge in [0.1, 0.15) is 5.69 Å². The third-order valence-corrected chi connectivity index (χ3v) is 5.44. The van der Waals surface area contributed by atoms with Crippen LogP contribution in [-0.4, -0.2) is 61.7 Å². The molecule has 9 nitrogen and oxygen atoms in total. The zero-order valence-corrected chi connectivity index (χ0v) is 16.5. The molecule has 4 rings (SSSR count). The molecule has 0 aromatic carbocycles.